The van der Waals surface area contributed by atoms with Crippen LogP contribution in [0.15, 0.2) is 42.5 Å². The first-order valence-corrected chi connectivity index (χ1v) is 11.5. The summed E-state index contributed by atoms with van der Waals surface area (Å²) in [5.41, 5.74) is 5.93. The molecule has 0 radical (unpaired) electrons. The van der Waals surface area contributed by atoms with Gasteiger partial charge in [-0.2, -0.15) is 11.8 Å². The minimum Gasteiger partial charge on any atom is -0.346 e. The Hall–Kier alpha value is -2.27. The fourth-order valence-electron chi connectivity index (χ4n) is 3.98. The number of aromatic amines is 1. The van der Waals surface area contributed by atoms with E-state index in [1.807, 2.05) is 24.3 Å². The molecule has 1 aromatic heterocycles. The summed E-state index contributed by atoms with van der Waals surface area (Å²) in [7, 11) is 0. The van der Waals surface area contributed by atoms with Gasteiger partial charge >= 0.3 is 0 Å². The Labute approximate surface area is 170 Å². The minimum absolute atomic E-state index is 0.0577. The van der Waals surface area contributed by atoms with Gasteiger partial charge in [0.2, 0.25) is 5.91 Å². The van der Waals surface area contributed by atoms with Crippen LogP contribution in [0.2, 0.25) is 0 Å². The molecule has 0 unspecified atom stereocenters. The van der Waals surface area contributed by atoms with E-state index in [1.165, 1.54) is 30.4 Å². The summed E-state index contributed by atoms with van der Waals surface area (Å²) in [6, 6.07) is 14.5. The van der Waals surface area contributed by atoms with Gasteiger partial charge < -0.3 is 10.3 Å². The quantitative estimate of drug-likeness (QED) is 0.617. The number of aromatic nitrogens is 2. The number of aryl methyl sites for hydroxylation is 2. The van der Waals surface area contributed by atoms with E-state index in [2.05, 4.69) is 34.8 Å². The molecule has 1 aliphatic carbocycles. The van der Waals surface area contributed by atoms with E-state index in [0.29, 0.717) is 6.42 Å². The lowest BCUT2D eigenvalue weighted by Gasteiger charge is -2.18. The number of carbonyl (C=O) groups is 1. The number of para-hydroxylation sites is 2. The van der Waals surface area contributed by atoms with Gasteiger partial charge in [-0.25, -0.2) is 4.98 Å². The molecule has 0 aliphatic heterocycles. The van der Waals surface area contributed by atoms with Crippen LogP contribution in [0.4, 0.5) is 0 Å². The summed E-state index contributed by atoms with van der Waals surface area (Å²) in [4.78, 5) is 20.9. The summed E-state index contributed by atoms with van der Waals surface area (Å²) in [5.74, 6) is 1.87. The molecular formula is C23H27N3OS. The topological polar surface area (TPSA) is 57.8 Å². The summed E-state index contributed by atoms with van der Waals surface area (Å²) in [5, 5.41) is 3.21. The summed E-state index contributed by atoms with van der Waals surface area (Å²) >= 11 is 1.79. The number of hydrogen-bond donors (Lipinski definition) is 2. The van der Waals surface area contributed by atoms with Gasteiger partial charge in [0.1, 0.15) is 5.82 Å². The maximum atomic E-state index is 12.8. The van der Waals surface area contributed by atoms with Crippen molar-refractivity contribution in [3.8, 4) is 0 Å². The van der Waals surface area contributed by atoms with Crippen LogP contribution in [0.3, 0.4) is 0 Å². The number of fused-ring (bicyclic) bond motifs is 2. The van der Waals surface area contributed by atoms with Gasteiger partial charge in [-0.15, -0.1) is 0 Å². The Kier molecular flexibility index (Phi) is 6.01. The predicted molar refractivity (Wildman–Crippen MR) is 117 cm³/mol. The number of hydrogen-bond acceptors (Lipinski definition) is 3. The van der Waals surface area contributed by atoms with Crippen LogP contribution in [-0.2, 0) is 24.1 Å². The first-order chi connectivity index (χ1) is 13.7. The van der Waals surface area contributed by atoms with Crippen molar-refractivity contribution in [3.05, 3.63) is 65.0 Å². The highest BCUT2D eigenvalue weighted by Crippen LogP contribution is 2.23. The average Bonchev–Trinajstić information content (AvgIpc) is 3.15. The molecular weight excluding hydrogens is 366 g/mol. The number of benzene rings is 2. The second kappa shape index (κ2) is 8.82. The van der Waals surface area contributed by atoms with E-state index in [9.17, 15) is 4.79 Å². The molecule has 1 aliphatic rings. The summed E-state index contributed by atoms with van der Waals surface area (Å²) < 4.78 is 0. The Morgan fingerprint density at radius 1 is 1.18 bits per heavy atom. The Morgan fingerprint density at radius 2 is 2.00 bits per heavy atom. The van der Waals surface area contributed by atoms with E-state index in [1.54, 1.807) is 11.8 Å². The van der Waals surface area contributed by atoms with Crippen molar-refractivity contribution in [3.63, 3.8) is 0 Å². The molecule has 3 aromatic rings. The third kappa shape index (κ3) is 4.41. The maximum Gasteiger partial charge on any atom is 0.225 e. The van der Waals surface area contributed by atoms with Crippen LogP contribution < -0.4 is 5.32 Å². The van der Waals surface area contributed by atoms with E-state index in [-0.39, 0.29) is 11.9 Å². The van der Waals surface area contributed by atoms with Gasteiger partial charge in [0.25, 0.3) is 0 Å². The first-order valence-electron chi connectivity index (χ1n) is 10.1. The highest BCUT2D eigenvalue weighted by atomic mass is 32.2. The molecule has 5 heteroatoms. The second-order valence-corrected chi connectivity index (χ2v) is 8.51. The molecule has 2 aromatic carbocycles. The monoisotopic (exact) mass is 393 g/mol. The average molecular weight is 394 g/mol. The second-order valence-electron chi connectivity index (χ2n) is 7.53. The molecule has 2 N–H and O–H groups in total. The third-order valence-electron chi connectivity index (χ3n) is 5.46. The van der Waals surface area contributed by atoms with Gasteiger partial charge in [0.05, 0.1) is 23.5 Å². The SMILES string of the molecule is CSCC[C@H](NC(=O)Cc1ccc2c(c1)CCCC2)c1nc2ccccc2[nH]1. The lowest BCUT2D eigenvalue weighted by molar-refractivity contribution is -0.121. The zero-order valence-electron chi connectivity index (χ0n) is 16.3. The summed E-state index contributed by atoms with van der Waals surface area (Å²) in [6.07, 6.45) is 8.21. The molecule has 1 amide bonds. The van der Waals surface area contributed by atoms with Crippen LogP contribution >= 0.6 is 11.8 Å². The highest BCUT2D eigenvalue weighted by molar-refractivity contribution is 7.98. The Morgan fingerprint density at radius 3 is 2.82 bits per heavy atom. The number of nitrogens with one attached hydrogen (secondary N) is 2. The van der Waals surface area contributed by atoms with Gasteiger partial charge in [-0.05, 0) is 72.9 Å². The Bertz CT molecular complexity index is 932. The molecule has 0 saturated heterocycles. The molecule has 1 heterocycles. The van der Waals surface area contributed by atoms with Crippen molar-refractivity contribution in [2.24, 2.45) is 0 Å². The Balaban J connectivity index is 1.47. The van der Waals surface area contributed by atoms with E-state index >= 15 is 0 Å². The van der Waals surface area contributed by atoms with E-state index in [0.717, 1.165) is 41.0 Å². The summed E-state index contributed by atoms with van der Waals surface area (Å²) in [6.45, 7) is 0. The molecule has 1 atom stereocenters. The van der Waals surface area contributed by atoms with E-state index < -0.39 is 0 Å². The van der Waals surface area contributed by atoms with Crippen LogP contribution in [0, 0.1) is 0 Å². The lowest BCUT2D eigenvalue weighted by atomic mass is 9.90. The zero-order chi connectivity index (χ0) is 19.3. The number of imidazole rings is 1. The first kappa shape index (κ1) is 19.1. The molecule has 4 rings (SSSR count). The maximum absolute atomic E-state index is 12.8. The van der Waals surface area contributed by atoms with Crippen LogP contribution in [0.1, 0.15) is 47.8 Å². The standard InChI is InChI=1S/C23H27N3OS/c1-28-13-12-21(23-25-19-8-4-5-9-20(19)26-23)24-22(27)15-16-10-11-17-6-2-3-7-18(17)14-16/h4-5,8-11,14,21H,2-3,6-7,12-13,15H2,1H3,(H,24,27)(H,25,26)/t21-/m0/s1. The molecule has 146 valence electrons. The molecule has 28 heavy (non-hydrogen) atoms. The van der Waals surface area contributed by atoms with Crippen molar-refractivity contribution >= 4 is 28.7 Å². The number of carbonyl (C=O) groups excluding carboxylic acids is 1. The number of amides is 1. The van der Waals surface area contributed by atoms with Gasteiger partial charge in [0.15, 0.2) is 0 Å². The molecule has 0 bridgehead atoms. The largest absolute Gasteiger partial charge is 0.346 e. The third-order valence-corrected chi connectivity index (χ3v) is 6.11. The number of thioether (sulfide) groups is 1. The fourth-order valence-corrected chi connectivity index (χ4v) is 4.45. The van der Waals surface area contributed by atoms with Crippen LogP contribution in [0.5, 0.6) is 0 Å². The van der Waals surface area contributed by atoms with Gasteiger partial charge in [-0.1, -0.05) is 30.3 Å². The van der Waals surface area contributed by atoms with Crippen molar-refractivity contribution in [2.45, 2.75) is 44.6 Å². The van der Waals surface area contributed by atoms with Crippen LogP contribution in [0.25, 0.3) is 11.0 Å². The van der Waals surface area contributed by atoms with Crippen LogP contribution in [-0.4, -0.2) is 27.9 Å². The lowest BCUT2D eigenvalue weighted by Crippen LogP contribution is -2.31. The van der Waals surface area contributed by atoms with Crippen molar-refractivity contribution in [2.75, 3.05) is 12.0 Å². The molecule has 0 spiro atoms. The number of nitrogens with zero attached hydrogens (tertiary/aromatic N) is 1. The fraction of sp³-hybridized carbons (Fsp3) is 0.391. The van der Waals surface area contributed by atoms with Crippen molar-refractivity contribution in [1.29, 1.82) is 0 Å². The molecule has 0 fully saturated rings. The normalized spacial score (nSPS) is 14.6. The van der Waals surface area contributed by atoms with Gasteiger partial charge in [-0.3, -0.25) is 4.79 Å². The van der Waals surface area contributed by atoms with Crippen molar-refractivity contribution < 1.29 is 4.79 Å². The zero-order valence-corrected chi connectivity index (χ0v) is 17.1. The van der Waals surface area contributed by atoms with Crippen molar-refractivity contribution in [1.82, 2.24) is 15.3 Å². The molecule has 4 nitrogen and oxygen atoms in total. The van der Waals surface area contributed by atoms with E-state index in [4.69, 9.17) is 4.98 Å². The number of rotatable bonds is 7. The van der Waals surface area contributed by atoms with Gasteiger partial charge in [0, 0.05) is 0 Å². The highest BCUT2D eigenvalue weighted by Gasteiger charge is 2.19. The predicted octanol–water partition coefficient (Wildman–Crippen LogP) is 4.59. The minimum atomic E-state index is -0.0926. The number of H-pyrrole nitrogens is 1. The molecule has 0 saturated carbocycles. The smallest absolute Gasteiger partial charge is 0.225 e.